The lowest BCUT2D eigenvalue weighted by Gasteiger charge is -2.07. The van der Waals surface area contributed by atoms with Crippen molar-refractivity contribution in [3.05, 3.63) is 0 Å². The molecule has 0 unspecified atom stereocenters. The maximum Gasteiger partial charge on any atom is 0.233 e. The number of nitrogens with one attached hydrogen (secondary N) is 2. The Morgan fingerprint density at radius 3 is 1.48 bits per heavy atom. The van der Waals surface area contributed by atoms with Crippen LogP contribution in [0.15, 0.2) is 0 Å². The first-order chi connectivity index (χ1) is 14.3. The van der Waals surface area contributed by atoms with Crippen LogP contribution in [0.4, 0.5) is 0 Å². The van der Waals surface area contributed by atoms with Crippen LogP contribution in [0.3, 0.4) is 0 Å². The molecule has 29 heavy (non-hydrogen) atoms. The van der Waals surface area contributed by atoms with Crippen molar-refractivity contribution in [2.24, 2.45) is 5.73 Å². The van der Waals surface area contributed by atoms with Gasteiger partial charge < -0.3 is 16.4 Å². The maximum atomic E-state index is 11.6. The van der Waals surface area contributed by atoms with Gasteiger partial charge >= 0.3 is 0 Å². The van der Waals surface area contributed by atoms with Crippen molar-refractivity contribution in [3.63, 3.8) is 0 Å². The molecule has 0 atom stereocenters. The predicted molar refractivity (Wildman–Crippen MR) is 128 cm³/mol. The van der Waals surface area contributed by atoms with E-state index in [0.29, 0.717) is 6.54 Å². The smallest absolute Gasteiger partial charge is 0.233 e. The summed E-state index contributed by atoms with van der Waals surface area (Å²) in [5, 5.41) is 6.21. The van der Waals surface area contributed by atoms with Gasteiger partial charge in [-0.3, -0.25) is 4.79 Å². The van der Waals surface area contributed by atoms with E-state index in [0.717, 1.165) is 38.9 Å². The van der Waals surface area contributed by atoms with Crippen molar-refractivity contribution >= 4 is 5.91 Å². The molecule has 0 saturated heterocycles. The number of hydrogen-bond acceptors (Lipinski definition) is 3. The second kappa shape index (κ2) is 25.4. The minimum Gasteiger partial charge on any atom is -0.355 e. The molecule has 0 rings (SSSR count). The average Bonchev–Trinajstić information content (AvgIpc) is 2.72. The molecule has 0 aliphatic rings. The van der Waals surface area contributed by atoms with Crippen molar-refractivity contribution in [1.29, 1.82) is 0 Å². The highest BCUT2D eigenvalue weighted by Crippen LogP contribution is 2.13. The normalized spacial score (nSPS) is 11.1. The summed E-state index contributed by atoms with van der Waals surface area (Å²) in [6, 6.07) is 0. The molecule has 0 fully saturated rings. The SMILES string of the molecule is CCCCCCCCCCCCCCCCCCNCC(=O)NCCCCCN. The Bertz CT molecular complexity index is 323. The van der Waals surface area contributed by atoms with Gasteiger partial charge in [0.25, 0.3) is 0 Å². The lowest BCUT2D eigenvalue weighted by Crippen LogP contribution is -2.34. The highest BCUT2D eigenvalue weighted by atomic mass is 16.1. The van der Waals surface area contributed by atoms with E-state index in [9.17, 15) is 4.79 Å². The van der Waals surface area contributed by atoms with Gasteiger partial charge in [0.15, 0.2) is 0 Å². The van der Waals surface area contributed by atoms with Gasteiger partial charge in [0.1, 0.15) is 0 Å². The summed E-state index contributed by atoms with van der Waals surface area (Å²) < 4.78 is 0. The fourth-order valence-electron chi connectivity index (χ4n) is 3.74. The van der Waals surface area contributed by atoms with Crippen molar-refractivity contribution in [2.75, 3.05) is 26.2 Å². The van der Waals surface area contributed by atoms with E-state index in [1.54, 1.807) is 0 Å². The summed E-state index contributed by atoms with van der Waals surface area (Å²) in [6.07, 6.45) is 25.5. The van der Waals surface area contributed by atoms with E-state index in [1.165, 1.54) is 103 Å². The van der Waals surface area contributed by atoms with Gasteiger partial charge in [-0.25, -0.2) is 0 Å². The summed E-state index contributed by atoms with van der Waals surface area (Å²) in [5.41, 5.74) is 5.45. The quantitative estimate of drug-likeness (QED) is 0.169. The van der Waals surface area contributed by atoms with E-state index in [4.69, 9.17) is 5.73 Å². The second-order valence-corrected chi connectivity index (χ2v) is 8.68. The van der Waals surface area contributed by atoms with Gasteiger partial charge in [-0.1, -0.05) is 110 Å². The summed E-state index contributed by atoms with van der Waals surface area (Å²) in [5.74, 6) is 0.120. The van der Waals surface area contributed by atoms with Crippen LogP contribution < -0.4 is 16.4 Å². The maximum absolute atomic E-state index is 11.6. The van der Waals surface area contributed by atoms with Crippen LogP contribution >= 0.6 is 0 Å². The predicted octanol–water partition coefficient (Wildman–Crippen LogP) is 6.08. The molecule has 0 aromatic rings. The van der Waals surface area contributed by atoms with Gasteiger partial charge in [0, 0.05) is 6.54 Å². The second-order valence-electron chi connectivity index (χ2n) is 8.68. The van der Waals surface area contributed by atoms with Crippen molar-refractivity contribution in [3.8, 4) is 0 Å². The molecule has 174 valence electrons. The number of hydrogen-bond donors (Lipinski definition) is 3. The Morgan fingerprint density at radius 1 is 0.586 bits per heavy atom. The minimum atomic E-state index is 0.120. The molecule has 0 aliphatic carbocycles. The average molecular weight is 412 g/mol. The summed E-state index contributed by atoms with van der Waals surface area (Å²) in [4.78, 5) is 11.6. The molecule has 4 heteroatoms. The molecule has 0 radical (unpaired) electrons. The van der Waals surface area contributed by atoms with Crippen LogP contribution in [0.2, 0.25) is 0 Å². The Labute approximate surface area is 182 Å². The number of rotatable bonds is 24. The first-order valence-corrected chi connectivity index (χ1v) is 13.0. The third-order valence-corrected chi connectivity index (χ3v) is 5.70. The Balaban J connectivity index is 3.08. The molecule has 0 saturated carbocycles. The lowest BCUT2D eigenvalue weighted by atomic mass is 10.0. The first-order valence-electron chi connectivity index (χ1n) is 13.0. The molecule has 4 nitrogen and oxygen atoms in total. The van der Waals surface area contributed by atoms with Gasteiger partial charge in [-0.2, -0.15) is 0 Å². The number of amides is 1. The fraction of sp³-hybridized carbons (Fsp3) is 0.960. The number of unbranched alkanes of at least 4 members (excludes halogenated alkanes) is 17. The zero-order chi connectivity index (χ0) is 21.3. The molecule has 0 aromatic carbocycles. The number of carbonyl (C=O) groups excluding carboxylic acids is 1. The molecule has 4 N–H and O–H groups in total. The van der Waals surface area contributed by atoms with E-state index in [-0.39, 0.29) is 5.91 Å². The monoisotopic (exact) mass is 411 g/mol. The molecule has 0 heterocycles. The van der Waals surface area contributed by atoms with Crippen LogP contribution in [0.5, 0.6) is 0 Å². The standard InChI is InChI=1S/C25H53N3O/c1-2-3-4-5-6-7-8-9-10-11-12-13-14-15-16-19-22-27-24-25(29)28-23-20-17-18-21-26/h27H,2-24,26H2,1H3,(H,28,29). The fourth-order valence-corrected chi connectivity index (χ4v) is 3.74. The molecule has 0 spiro atoms. The molecule has 0 aliphatic heterocycles. The third kappa shape index (κ3) is 25.4. The third-order valence-electron chi connectivity index (χ3n) is 5.70. The van der Waals surface area contributed by atoms with Crippen LogP contribution in [0.25, 0.3) is 0 Å². The highest BCUT2D eigenvalue weighted by Gasteiger charge is 1.99. The Kier molecular flexibility index (Phi) is 24.9. The van der Waals surface area contributed by atoms with Crippen molar-refractivity contribution in [2.45, 2.75) is 129 Å². The molecular weight excluding hydrogens is 358 g/mol. The van der Waals surface area contributed by atoms with Crippen LogP contribution in [-0.2, 0) is 4.79 Å². The molecule has 0 bridgehead atoms. The topological polar surface area (TPSA) is 67.2 Å². The van der Waals surface area contributed by atoms with Crippen LogP contribution in [-0.4, -0.2) is 32.1 Å². The van der Waals surface area contributed by atoms with Crippen molar-refractivity contribution in [1.82, 2.24) is 10.6 Å². The van der Waals surface area contributed by atoms with E-state index in [2.05, 4.69) is 17.6 Å². The Morgan fingerprint density at radius 2 is 1.00 bits per heavy atom. The summed E-state index contributed by atoms with van der Waals surface area (Å²) in [6.45, 7) is 5.22. The number of carbonyl (C=O) groups is 1. The zero-order valence-corrected chi connectivity index (χ0v) is 19.7. The van der Waals surface area contributed by atoms with Crippen LogP contribution in [0.1, 0.15) is 129 Å². The zero-order valence-electron chi connectivity index (χ0n) is 19.7. The van der Waals surface area contributed by atoms with Crippen LogP contribution in [0, 0.1) is 0 Å². The van der Waals surface area contributed by atoms with Crippen molar-refractivity contribution < 1.29 is 4.79 Å². The van der Waals surface area contributed by atoms with Gasteiger partial charge in [0.05, 0.1) is 6.54 Å². The first kappa shape index (κ1) is 28.4. The molecular formula is C25H53N3O. The largest absolute Gasteiger partial charge is 0.355 e. The number of nitrogens with two attached hydrogens (primary N) is 1. The van der Waals surface area contributed by atoms with E-state index >= 15 is 0 Å². The van der Waals surface area contributed by atoms with E-state index < -0.39 is 0 Å². The minimum absolute atomic E-state index is 0.120. The lowest BCUT2D eigenvalue weighted by molar-refractivity contribution is -0.120. The van der Waals surface area contributed by atoms with Gasteiger partial charge in [-0.15, -0.1) is 0 Å². The molecule has 1 amide bonds. The highest BCUT2D eigenvalue weighted by molar-refractivity contribution is 5.77. The summed E-state index contributed by atoms with van der Waals surface area (Å²) >= 11 is 0. The van der Waals surface area contributed by atoms with E-state index in [1.807, 2.05) is 0 Å². The van der Waals surface area contributed by atoms with Gasteiger partial charge in [0.2, 0.25) is 5.91 Å². The summed E-state index contributed by atoms with van der Waals surface area (Å²) in [7, 11) is 0. The molecule has 0 aromatic heterocycles. The van der Waals surface area contributed by atoms with Gasteiger partial charge in [-0.05, 0) is 32.4 Å². The Hall–Kier alpha value is -0.610.